The van der Waals surface area contributed by atoms with E-state index in [9.17, 15) is 0 Å². The lowest BCUT2D eigenvalue weighted by atomic mass is 10.2. The molecule has 0 spiro atoms. The Balaban J connectivity index is 2.08. The van der Waals surface area contributed by atoms with Crippen molar-refractivity contribution in [3.63, 3.8) is 0 Å². The minimum atomic E-state index is 0.412. The number of ether oxygens (including phenoxy) is 1. The molecule has 1 fully saturated rings. The Labute approximate surface area is 94.2 Å². The highest BCUT2D eigenvalue weighted by atomic mass is 16.5. The number of rotatable bonds is 6. The third-order valence-corrected chi connectivity index (χ3v) is 3.04. The van der Waals surface area contributed by atoms with Gasteiger partial charge in [0.1, 0.15) is 0 Å². The molecule has 2 atom stereocenters. The first-order valence-corrected chi connectivity index (χ1v) is 6.30. The van der Waals surface area contributed by atoms with Crippen LogP contribution in [0, 0.1) is 0 Å². The lowest BCUT2D eigenvalue weighted by molar-refractivity contribution is -0.0495. The summed E-state index contributed by atoms with van der Waals surface area (Å²) < 4.78 is 5.61. The van der Waals surface area contributed by atoms with Gasteiger partial charge in [-0.25, -0.2) is 0 Å². The van der Waals surface area contributed by atoms with Crippen LogP contribution >= 0.6 is 0 Å². The van der Waals surface area contributed by atoms with Crippen LogP contribution in [0.3, 0.4) is 0 Å². The molecule has 1 saturated heterocycles. The molecule has 90 valence electrons. The molecule has 3 heteroatoms. The van der Waals surface area contributed by atoms with Gasteiger partial charge in [0, 0.05) is 12.6 Å². The van der Waals surface area contributed by atoms with E-state index in [0.29, 0.717) is 12.1 Å². The van der Waals surface area contributed by atoms with E-state index in [1.165, 1.54) is 19.4 Å². The summed E-state index contributed by atoms with van der Waals surface area (Å²) in [6.07, 6.45) is 2.99. The number of morpholine rings is 1. The van der Waals surface area contributed by atoms with E-state index in [0.717, 1.165) is 26.2 Å². The van der Waals surface area contributed by atoms with E-state index in [-0.39, 0.29) is 0 Å². The summed E-state index contributed by atoms with van der Waals surface area (Å²) in [4.78, 5) is 2.56. The van der Waals surface area contributed by atoms with Crippen LogP contribution in [-0.2, 0) is 4.74 Å². The van der Waals surface area contributed by atoms with Crippen molar-refractivity contribution in [2.75, 3.05) is 32.8 Å². The van der Waals surface area contributed by atoms with Crippen molar-refractivity contribution in [3.8, 4) is 0 Å². The number of unbranched alkanes of at least 4 members (excludes halogenated alkanes) is 1. The highest BCUT2D eigenvalue weighted by molar-refractivity contribution is 4.74. The molecule has 1 aliphatic heterocycles. The van der Waals surface area contributed by atoms with Gasteiger partial charge >= 0.3 is 0 Å². The first-order chi connectivity index (χ1) is 7.24. The number of nitrogens with one attached hydrogen (secondary N) is 1. The van der Waals surface area contributed by atoms with Gasteiger partial charge in [0.25, 0.3) is 0 Å². The SMILES string of the molecule is CCNCCCCN1CC(C)OCC1C. The molecule has 1 aliphatic rings. The third kappa shape index (κ3) is 4.96. The van der Waals surface area contributed by atoms with Gasteiger partial charge < -0.3 is 10.1 Å². The lowest BCUT2D eigenvalue weighted by Gasteiger charge is -2.36. The van der Waals surface area contributed by atoms with Crippen LogP contribution in [0.25, 0.3) is 0 Å². The largest absolute Gasteiger partial charge is 0.376 e. The zero-order valence-corrected chi connectivity index (χ0v) is 10.5. The molecule has 3 nitrogen and oxygen atoms in total. The number of hydrogen-bond donors (Lipinski definition) is 1. The van der Waals surface area contributed by atoms with E-state index in [1.807, 2.05) is 0 Å². The Hall–Kier alpha value is -0.120. The number of nitrogens with zero attached hydrogens (tertiary/aromatic N) is 1. The highest BCUT2D eigenvalue weighted by Crippen LogP contribution is 2.11. The zero-order chi connectivity index (χ0) is 11.1. The van der Waals surface area contributed by atoms with Crippen LogP contribution < -0.4 is 5.32 Å². The predicted octanol–water partition coefficient (Wildman–Crippen LogP) is 1.49. The Morgan fingerprint density at radius 2 is 2.13 bits per heavy atom. The summed E-state index contributed by atoms with van der Waals surface area (Å²) in [6.45, 7) is 12.0. The van der Waals surface area contributed by atoms with Crippen molar-refractivity contribution in [3.05, 3.63) is 0 Å². The van der Waals surface area contributed by atoms with Gasteiger partial charge in [-0.1, -0.05) is 6.92 Å². The summed E-state index contributed by atoms with van der Waals surface area (Å²) >= 11 is 0. The second kappa shape index (κ2) is 7.20. The summed E-state index contributed by atoms with van der Waals surface area (Å²) in [7, 11) is 0. The molecule has 0 bridgehead atoms. The van der Waals surface area contributed by atoms with Crippen LogP contribution in [0.2, 0.25) is 0 Å². The van der Waals surface area contributed by atoms with Gasteiger partial charge in [-0.2, -0.15) is 0 Å². The Kier molecular flexibility index (Phi) is 6.22. The van der Waals surface area contributed by atoms with Crippen LogP contribution in [0.1, 0.15) is 33.6 Å². The average Bonchev–Trinajstić information content (AvgIpc) is 2.23. The van der Waals surface area contributed by atoms with Crippen LogP contribution in [-0.4, -0.2) is 49.8 Å². The Morgan fingerprint density at radius 3 is 2.87 bits per heavy atom. The van der Waals surface area contributed by atoms with Gasteiger partial charge in [-0.05, 0) is 46.3 Å². The maximum absolute atomic E-state index is 5.61. The smallest absolute Gasteiger partial charge is 0.0674 e. The van der Waals surface area contributed by atoms with E-state index in [1.54, 1.807) is 0 Å². The first kappa shape index (κ1) is 12.9. The standard InChI is InChI=1S/C12H26N2O/c1-4-13-7-5-6-8-14-9-12(3)15-10-11(14)2/h11-13H,4-10H2,1-3H3. The second-order valence-electron chi connectivity index (χ2n) is 4.55. The molecule has 0 aromatic carbocycles. The summed E-state index contributed by atoms with van der Waals surface area (Å²) in [5.41, 5.74) is 0. The molecular weight excluding hydrogens is 188 g/mol. The molecule has 0 radical (unpaired) electrons. The monoisotopic (exact) mass is 214 g/mol. The van der Waals surface area contributed by atoms with E-state index in [4.69, 9.17) is 4.74 Å². The molecule has 2 unspecified atom stereocenters. The van der Waals surface area contributed by atoms with Gasteiger partial charge in [-0.15, -0.1) is 0 Å². The summed E-state index contributed by atoms with van der Waals surface area (Å²) in [6, 6.07) is 0.598. The number of hydrogen-bond acceptors (Lipinski definition) is 3. The predicted molar refractivity (Wildman–Crippen MR) is 64.2 cm³/mol. The summed E-state index contributed by atoms with van der Waals surface area (Å²) in [5.74, 6) is 0. The van der Waals surface area contributed by atoms with Gasteiger partial charge in [0.15, 0.2) is 0 Å². The van der Waals surface area contributed by atoms with E-state index in [2.05, 4.69) is 31.0 Å². The fraction of sp³-hybridized carbons (Fsp3) is 1.00. The summed E-state index contributed by atoms with van der Waals surface area (Å²) in [5, 5.41) is 3.36. The Morgan fingerprint density at radius 1 is 1.33 bits per heavy atom. The molecule has 15 heavy (non-hydrogen) atoms. The van der Waals surface area contributed by atoms with Gasteiger partial charge in [0.2, 0.25) is 0 Å². The normalized spacial score (nSPS) is 28.2. The molecule has 0 aliphatic carbocycles. The quantitative estimate of drug-likeness (QED) is 0.678. The minimum Gasteiger partial charge on any atom is -0.376 e. The Bertz CT molecular complexity index is 164. The van der Waals surface area contributed by atoms with Crippen LogP contribution in [0.4, 0.5) is 0 Å². The van der Waals surface area contributed by atoms with Crippen molar-refractivity contribution in [2.24, 2.45) is 0 Å². The maximum atomic E-state index is 5.61. The van der Waals surface area contributed by atoms with E-state index < -0.39 is 0 Å². The second-order valence-corrected chi connectivity index (χ2v) is 4.55. The van der Waals surface area contributed by atoms with Crippen molar-refractivity contribution < 1.29 is 4.74 Å². The van der Waals surface area contributed by atoms with Crippen molar-refractivity contribution in [2.45, 2.75) is 45.8 Å². The molecule has 0 saturated carbocycles. The lowest BCUT2D eigenvalue weighted by Crippen LogP contribution is -2.47. The van der Waals surface area contributed by atoms with Crippen molar-refractivity contribution >= 4 is 0 Å². The first-order valence-electron chi connectivity index (χ1n) is 6.30. The highest BCUT2D eigenvalue weighted by Gasteiger charge is 2.22. The molecule has 1 rings (SSSR count). The fourth-order valence-corrected chi connectivity index (χ4v) is 2.03. The average molecular weight is 214 g/mol. The molecule has 1 N–H and O–H groups in total. The topological polar surface area (TPSA) is 24.5 Å². The molecule has 0 aromatic rings. The zero-order valence-electron chi connectivity index (χ0n) is 10.5. The molecule has 0 amide bonds. The van der Waals surface area contributed by atoms with Crippen molar-refractivity contribution in [1.29, 1.82) is 0 Å². The molecule has 0 aromatic heterocycles. The fourth-order valence-electron chi connectivity index (χ4n) is 2.03. The molecule has 1 heterocycles. The minimum absolute atomic E-state index is 0.412. The maximum Gasteiger partial charge on any atom is 0.0674 e. The van der Waals surface area contributed by atoms with Gasteiger partial charge in [0.05, 0.1) is 12.7 Å². The van der Waals surface area contributed by atoms with Crippen LogP contribution in [0.5, 0.6) is 0 Å². The van der Waals surface area contributed by atoms with E-state index >= 15 is 0 Å². The third-order valence-electron chi connectivity index (χ3n) is 3.04. The van der Waals surface area contributed by atoms with Crippen LogP contribution in [0.15, 0.2) is 0 Å². The van der Waals surface area contributed by atoms with Gasteiger partial charge in [-0.3, -0.25) is 4.90 Å². The van der Waals surface area contributed by atoms with Crippen molar-refractivity contribution in [1.82, 2.24) is 10.2 Å². The molecular formula is C12H26N2O.